The van der Waals surface area contributed by atoms with Crippen molar-refractivity contribution >= 4 is 17.9 Å². The average molecular weight is 1150 g/mol. The Morgan fingerprint density at radius 3 is 1.01 bits per heavy atom. The van der Waals surface area contributed by atoms with Crippen LogP contribution >= 0.6 is 0 Å². The van der Waals surface area contributed by atoms with E-state index in [4.69, 9.17) is 18.9 Å². The second kappa shape index (κ2) is 62.4. The van der Waals surface area contributed by atoms with Gasteiger partial charge >= 0.3 is 11.9 Å². The molecule has 0 aromatic carbocycles. The number of rotatable bonds is 56. The highest BCUT2D eigenvalue weighted by molar-refractivity contribution is 5.70. The van der Waals surface area contributed by atoms with Crippen LogP contribution in [-0.2, 0) is 33.3 Å². The lowest BCUT2D eigenvalue weighted by Gasteiger charge is -2.26. The minimum atomic E-state index is -1.65. The third-order valence-electron chi connectivity index (χ3n) is 12.7. The number of hydrogen-bond donors (Lipinski definition) is 0. The highest BCUT2D eigenvalue weighted by atomic mass is 16.7. The average Bonchev–Trinajstić information content (AvgIpc) is 3.46. The van der Waals surface area contributed by atoms with Crippen molar-refractivity contribution in [1.29, 1.82) is 0 Å². The number of ether oxygens (including phenoxy) is 4. The maximum Gasteiger partial charge on any atom is 0.306 e. The maximum absolute atomic E-state index is 12.9. The number of carboxylic acid groups (broad SMARTS) is 1. The molecule has 2 atom stereocenters. The zero-order valence-corrected chi connectivity index (χ0v) is 52.7. The Morgan fingerprint density at radius 1 is 0.361 bits per heavy atom. The summed E-state index contributed by atoms with van der Waals surface area (Å²) in [5.41, 5.74) is 0. The van der Waals surface area contributed by atoms with Gasteiger partial charge in [-0.15, -0.1) is 0 Å². The number of carbonyl (C=O) groups is 3. The number of carbonyl (C=O) groups excluding carboxylic acids is 3. The smallest absolute Gasteiger partial charge is 0.306 e. The molecule has 0 aromatic rings. The van der Waals surface area contributed by atoms with Gasteiger partial charge in [-0.1, -0.05) is 254 Å². The first-order valence-corrected chi connectivity index (χ1v) is 31.9. The van der Waals surface area contributed by atoms with Crippen molar-refractivity contribution < 1.29 is 42.9 Å². The van der Waals surface area contributed by atoms with Crippen molar-refractivity contribution in [2.75, 3.05) is 47.5 Å². The standard InChI is InChI=1S/C74H115NO8/c1-6-8-10-12-14-16-18-20-22-24-26-27-28-29-30-31-32-33-34-35-36-37-38-39-40-41-42-43-44-45-47-49-51-53-55-57-59-61-63-65-72(77)83-70(69-82-74(73(78)79)80-67-66-75(3,4)5)68-81-71(76)64-62-60-58-56-54-52-50-48-46-25-23-21-19-17-15-13-11-9-7-2/h8-11,14-17,20-23,26-27,29-30,32-33,35-36,38-39,41-42,46,48,52,54,58,60,70,74H,6-7,12-13,18-19,24-25,28,31,34,37,40,43-45,47,49-51,53,55-57,59,61-69H2,1-5H3/b10-8-,11-9-,16-14-,17-15-,22-20-,23-21-,27-26-,30-29-,33-32-,36-35-,39-38-,42-41-,48-46-,54-52-,60-58-. The highest BCUT2D eigenvalue weighted by Gasteiger charge is 2.22. The number of unbranched alkanes of at least 4 members (excludes halogenated alkanes) is 11. The van der Waals surface area contributed by atoms with Crippen molar-refractivity contribution in [2.24, 2.45) is 0 Å². The second-order valence-corrected chi connectivity index (χ2v) is 21.6. The van der Waals surface area contributed by atoms with Gasteiger partial charge in [-0.05, 0) is 122 Å². The van der Waals surface area contributed by atoms with Gasteiger partial charge in [-0.25, -0.2) is 0 Å². The number of likely N-dealkylation sites (N-methyl/N-ethyl adjacent to an activating group) is 1. The molecule has 0 fully saturated rings. The van der Waals surface area contributed by atoms with E-state index in [1.807, 2.05) is 33.3 Å². The molecule has 0 heterocycles. The van der Waals surface area contributed by atoms with Crippen LogP contribution in [0.5, 0.6) is 0 Å². The Hall–Kier alpha value is -5.61. The van der Waals surface area contributed by atoms with Crippen LogP contribution in [0.15, 0.2) is 182 Å². The monoisotopic (exact) mass is 1150 g/mol. The minimum Gasteiger partial charge on any atom is -0.545 e. The molecule has 0 saturated heterocycles. The number of hydrogen-bond acceptors (Lipinski definition) is 8. The molecule has 0 N–H and O–H groups in total. The van der Waals surface area contributed by atoms with Crippen molar-refractivity contribution in [3.8, 4) is 0 Å². The molecule has 2 unspecified atom stereocenters. The summed E-state index contributed by atoms with van der Waals surface area (Å²) in [6.45, 7) is 4.40. The lowest BCUT2D eigenvalue weighted by Crippen LogP contribution is -2.44. The first kappa shape index (κ1) is 77.4. The largest absolute Gasteiger partial charge is 0.545 e. The summed E-state index contributed by atoms with van der Waals surface area (Å²) in [6, 6.07) is 0. The summed E-state index contributed by atoms with van der Waals surface area (Å²) >= 11 is 0. The van der Waals surface area contributed by atoms with Crippen LogP contribution in [-0.4, -0.2) is 82.3 Å². The topological polar surface area (TPSA) is 111 Å². The lowest BCUT2D eigenvalue weighted by molar-refractivity contribution is -0.870. The van der Waals surface area contributed by atoms with Gasteiger partial charge in [-0.3, -0.25) is 9.59 Å². The van der Waals surface area contributed by atoms with Crippen LogP contribution in [0.1, 0.15) is 206 Å². The van der Waals surface area contributed by atoms with Crippen LogP contribution in [0, 0.1) is 0 Å². The molecule has 0 aliphatic rings. The normalized spacial score (nSPS) is 14.0. The predicted molar refractivity (Wildman–Crippen MR) is 351 cm³/mol. The summed E-state index contributed by atoms with van der Waals surface area (Å²) in [4.78, 5) is 37.3. The van der Waals surface area contributed by atoms with Gasteiger partial charge in [0.05, 0.1) is 40.3 Å². The maximum atomic E-state index is 12.9. The van der Waals surface area contributed by atoms with Crippen molar-refractivity contribution in [2.45, 2.75) is 219 Å². The summed E-state index contributed by atoms with van der Waals surface area (Å²) in [6.07, 6.45) is 92.6. The van der Waals surface area contributed by atoms with Gasteiger partial charge < -0.3 is 33.3 Å². The third kappa shape index (κ3) is 63.8. The van der Waals surface area contributed by atoms with Crippen molar-refractivity contribution in [1.82, 2.24) is 0 Å². The Labute approximate surface area is 507 Å². The van der Waals surface area contributed by atoms with Crippen LogP contribution in [0.3, 0.4) is 0 Å². The van der Waals surface area contributed by atoms with Gasteiger partial charge in [0.25, 0.3) is 0 Å². The molecule has 0 spiro atoms. The molecular weight excluding hydrogens is 1030 g/mol. The molecule has 9 heteroatoms. The molecule has 0 saturated carbocycles. The zero-order valence-electron chi connectivity index (χ0n) is 52.7. The fourth-order valence-electron chi connectivity index (χ4n) is 7.85. The van der Waals surface area contributed by atoms with Crippen LogP contribution < -0.4 is 5.11 Å². The third-order valence-corrected chi connectivity index (χ3v) is 12.7. The summed E-state index contributed by atoms with van der Waals surface area (Å²) in [5.74, 6) is -2.42. The molecule has 9 nitrogen and oxygen atoms in total. The molecule has 0 amide bonds. The predicted octanol–water partition coefficient (Wildman–Crippen LogP) is 18.3. The van der Waals surface area contributed by atoms with Gasteiger partial charge in [0.1, 0.15) is 13.2 Å². The second-order valence-electron chi connectivity index (χ2n) is 21.6. The Balaban J connectivity index is 4.24. The SMILES string of the molecule is CC/C=C\C/C=C\C/C=C\C/C=C\C/C=C\C/C=C\C/C=C\C/C=C\C/C=C\CCCCCCCCCCCCCC(=O)OC(COC(=O)CC/C=C\C/C=C\C/C=C\C/C=C\C/C=C\C/C=C\CC)COC(OCC[N+](C)(C)C)C(=O)[O-]. The van der Waals surface area contributed by atoms with Crippen molar-refractivity contribution in [3.05, 3.63) is 182 Å². The van der Waals surface area contributed by atoms with E-state index in [1.165, 1.54) is 44.9 Å². The zero-order chi connectivity index (χ0) is 60.5. The van der Waals surface area contributed by atoms with Gasteiger partial charge in [0.15, 0.2) is 12.4 Å². The first-order chi connectivity index (χ1) is 40.6. The van der Waals surface area contributed by atoms with E-state index < -0.39 is 30.3 Å². The van der Waals surface area contributed by atoms with E-state index in [9.17, 15) is 19.5 Å². The quantitative estimate of drug-likeness (QED) is 0.0195. The van der Waals surface area contributed by atoms with Gasteiger partial charge in [0, 0.05) is 12.8 Å². The molecule has 0 aromatic heterocycles. The molecule has 0 aliphatic heterocycles. The fraction of sp³-hybridized carbons (Fsp3) is 0.554. The fourth-order valence-corrected chi connectivity index (χ4v) is 7.85. The first-order valence-electron chi connectivity index (χ1n) is 31.9. The number of allylic oxidation sites excluding steroid dienone is 30. The lowest BCUT2D eigenvalue weighted by atomic mass is 10.0. The highest BCUT2D eigenvalue weighted by Crippen LogP contribution is 2.14. The molecular formula is C74H115NO8. The number of nitrogens with zero attached hydrogens (tertiary/aromatic N) is 1. The van der Waals surface area contributed by atoms with E-state index >= 15 is 0 Å². The summed E-state index contributed by atoms with van der Waals surface area (Å²) in [7, 11) is 5.89. The Morgan fingerprint density at radius 2 is 0.675 bits per heavy atom. The summed E-state index contributed by atoms with van der Waals surface area (Å²) < 4.78 is 22.6. The number of carboxylic acids is 1. The number of aliphatic carboxylic acids is 1. The number of esters is 2. The van der Waals surface area contributed by atoms with Gasteiger partial charge in [0.2, 0.25) is 0 Å². The minimum absolute atomic E-state index is 0.126. The van der Waals surface area contributed by atoms with Crippen LogP contribution in [0.2, 0.25) is 0 Å². The van der Waals surface area contributed by atoms with E-state index in [-0.39, 0.29) is 32.7 Å². The molecule has 0 bridgehead atoms. The molecule has 83 heavy (non-hydrogen) atoms. The molecule has 464 valence electrons. The van der Waals surface area contributed by atoms with Crippen LogP contribution in [0.25, 0.3) is 0 Å². The van der Waals surface area contributed by atoms with Crippen LogP contribution in [0.4, 0.5) is 0 Å². The van der Waals surface area contributed by atoms with Crippen molar-refractivity contribution in [3.63, 3.8) is 0 Å². The summed E-state index contributed by atoms with van der Waals surface area (Å²) in [5, 5.41) is 11.8. The molecule has 0 rings (SSSR count). The molecule has 0 aliphatic carbocycles. The van der Waals surface area contributed by atoms with Gasteiger partial charge in [-0.2, -0.15) is 0 Å². The van der Waals surface area contributed by atoms with E-state index in [1.54, 1.807) is 0 Å². The van der Waals surface area contributed by atoms with E-state index in [0.717, 1.165) is 122 Å². The number of quaternary nitrogens is 1. The van der Waals surface area contributed by atoms with E-state index in [0.29, 0.717) is 23.9 Å². The van der Waals surface area contributed by atoms with E-state index in [2.05, 4.69) is 184 Å². The Bertz CT molecular complexity index is 2010. The molecule has 0 radical (unpaired) electrons. The Kier molecular flexibility index (Phi) is 58.2.